The summed E-state index contributed by atoms with van der Waals surface area (Å²) in [7, 11) is 1.70. The molecule has 10 nitrogen and oxygen atoms in total. The molecule has 3 rings (SSSR count). The van der Waals surface area contributed by atoms with Crippen molar-refractivity contribution in [1.82, 2.24) is 9.55 Å². The Labute approximate surface area is 214 Å². The zero-order chi connectivity index (χ0) is 26.6. The Morgan fingerprint density at radius 1 is 1.17 bits per heavy atom. The average molecular weight is 510 g/mol. The number of aromatic nitrogens is 2. The summed E-state index contributed by atoms with van der Waals surface area (Å²) in [6.45, 7) is 6.18. The van der Waals surface area contributed by atoms with Gasteiger partial charge in [0.1, 0.15) is 6.07 Å². The number of hydrogen-bond donors (Lipinski definition) is 3. The Kier molecular flexibility index (Phi) is 7.85. The van der Waals surface area contributed by atoms with Gasteiger partial charge in [0.25, 0.3) is 0 Å². The van der Waals surface area contributed by atoms with E-state index in [-0.39, 0.29) is 40.8 Å². The molecule has 4 N–H and O–H groups in total. The number of carbonyl (C=O) groups is 3. The molecule has 0 saturated heterocycles. The van der Waals surface area contributed by atoms with Gasteiger partial charge in [0.2, 0.25) is 17.8 Å². The smallest absolute Gasteiger partial charge is 0.326 e. The number of carbonyl (C=O) groups excluding carboxylic acids is 3. The number of nitriles is 1. The third-order valence-electron chi connectivity index (χ3n) is 5.33. The van der Waals surface area contributed by atoms with Crippen LogP contribution in [0.1, 0.15) is 39.2 Å². The van der Waals surface area contributed by atoms with Gasteiger partial charge < -0.3 is 20.5 Å². The summed E-state index contributed by atoms with van der Waals surface area (Å²) in [5.41, 5.74) is 7.61. The van der Waals surface area contributed by atoms with Gasteiger partial charge in [-0.05, 0) is 41.8 Å². The van der Waals surface area contributed by atoms with Crippen LogP contribution in [0.15, 0.2) is 36.4 Å². The number of hydrogen-bond acceptors (Lipinski definition) is 5. The molecule has 0 atom stereocenters. The van der Waals surface area contributed by atoms with Crippen molar-refractivity contribution in [2.24, 2.45) is 11.1 Å². The van der Waals surface area contributed by atoms with Crippen LogP contribution in [0, 0.1) is 16.7 Å². The van der Waals surface area contributed by atoms with E-state index in [4.69, 9.17) is 22.6 Å². The number of benzene rings is 2. The minimum Gasteiger partial charge on any atom is -0.370 e. The average Bonchev–Trinajstić information content (AvgIpc) is 3.12. The van der Waals surface area contributed by atoms with Crippen molar-refractivity contribution in [1.29, 1.82) is 5.26 Å². The highest BCUT2D eigenvalue weighted by atomic mass is 35.5. The minimum absolute atomic E-state index is 0.0348. The lowest BCUT2D eigenvalue weighted by Crippen LogP contribution is -2.29. The van der Waals surface area contributed by atoms with Crippen molar-refractivity contribution in [2.75, 3.05) is 22.6 Å². The number of imidazole rings is 1. The predicted molar refractivity (Wildman–Crippen MR) is 140 cm³/mol. The highest BCUT2D eigenvalue weighted by molar-refractivity contribution is 6.31. The van der Waals surface area contributed by atoms with E-state index in [2.05, 4.69) is 15.6 Å². The van der Waals surface area contributed by atoms with Gasteiger partial charge >= 0.3 is 6.03 Å². The Morgan fingerprint density at radius 3 is 2.53 bits per heavy atom. The number of rotatable bonds is 7. The highest BCUT2D eigenvalue weighted by Crippen LogP contribution is 2.27. The molecular formula is C25H28ClN7O3. The van der Waals surface area contributed by atoms with Crippen molar-refractivity contribution in [3.05, 3.63) is 47.0 Å². The van der Waals surface area contributed by atoms with Crippen molar-refractivity contribution < 1.29 is 14.4 Å². The number of primary amides is 1. The highest BCUT2D eigenvalue weighted by Gasteiger charge is 2.21. The predicted octanol–water partition coefficient (Wildman–Crippen LogP) is 4.48. The largest absolute Gasteiger partial charge is 0.370 e. The summed E-state index contributed by atoms with van der Waals surface area (Å²) in [6.07, 6.45) is 0.413. The molecule has 0 fully saturated rings. The van der Waals surface area contributed by atoms with Crippen LogP contribution in [0.2, 0.25) is 5.02 Å². The zero-order valence-electron chi connectivity index (χ0n) is 20.6. The third-order valence-corrected chi connectivity index (χ3v) is 5.66. The van der Waals surface area contributed by atoms with E-state index in [0.717, 1.165) is 0 Å². The lowest BCUT2D eigenvalue weighted by molar-refractivity contribution is -0.120. The Bertz CT molecular complexity index is 1370. The Balaban J connectivity index is 1.90. The molecule has 188 valence electrons. The van der Waals surface area contributed by atoms with Crippen molar-refractivity contribution >= 4 is 57.8 Å². The lowest BCUT2D eigenvalue weighted by atomic mass is 9.91. The van der Waals surface area contributed by atoms with Gasteiger partial charge in [0.15, 0.2) is 0 Å². The van der Waals surface area contributed by atoms with Crippen LogP contribution in [0.4, 0.5) is 22.1 Å². The maximum absolute atomic E-state index is 12.7. The van der Waals surface area contributed by atoms with Crippen LogP contribution in [-0.2, 0) is 16.1 Å². The first-order valence-corrected chi connectivity index (χ1v) is 11.6. The van der Waals surface area contributed by atoms with Gasteiger partial charge in [-0.3, -0.25) is 14.9 Å². The van der Waals surface area contributed by atoms with Crippen LogP contribution in [0.25, 0.3) is 11.0 Å². The van der Waals surface area contributed by atoms with E-state index >= 15 is 0 Å². The fraction of sp³-hybridized carbons (Fsp3) is 0.320. The molecule has 4 amide bonds. The molecule has 0 unspecified atom stereocenters. The number of nitrogens with one attached hydrogen (secondary N) is 2. The normalized spacial score (nSPS) is 11.1. The molecule has 36 heavy (non-hydrogen) atoms. The van der Waals surface area contributed by atoms with E-state index < -0.39 is 11.9 Å². The second kappa shape index (κ2) is 10.7. The standard InChI is InChI=1S/C25H28ClN7O3/c1-25(2,3)13-22(35)32(4)17-6-8-20-19(12-17)30-23(33(20)10-9-21(28)34)31-24(36)29-16-5-7-18(26)15(11-16)14-27/h5-8,11-12H,9-10,13H2,1-4H3,(H2,28,34)(H2,29,30,31,36). The van der Waals surface area contributed by atoms with Crippen molar-refractivity contribution in [3.8, 4) is 6.07 Å². The number of nitrogens with two attached hydrogens (primary N) is 1. The molecule has 0 aliphatic heterocycles. The lowest BCUT2D eigenvalue weighted by Gasteiger charge is -2.23. The molecule has 1 heterocycles. The minimum atomic E-state index is -0.602. The number of nitrogens with zero attached hydrogens (tertiary/aromatic N) is 4. The number of urea groups is 1. The van der Waals surface area contributed by atoms with Crippen LogP contribution < -0.4 is 21.3 Å². The molecular weight excluding hydrogens is 482 g/mol. The van der Waals surface area contributed by atoms with E-state index in [1.165, 1.54) is 12.1 Å². The SMILES string of the molecule is CN(C(=O)CC(C)(C)C)c1ccc2c(c1)nc(NC(=O)Nc1ccc(Cl)c(C#N)c1)n2CCC(N)=O. The summed E-state index contributed by atoms with van der Waals surface area (Å²) < 4.78 is 1.67. The number of halogens is 1. The molecule has 0 saturated carbocycles. The van der Waals surface area contributed by atoms with Crippen LogP contribution in [0.5, 0.6) is 0 Å². The van der Waals surface area contributed by atoms with E-state index in [1.54, 1.807) is 40.8 Å². The fourth-order valence-corrected chi connectivity index (χ4v) is 3.70. The quantitative estimate of drug-likeness (QED) is 0.429. The summed E-state index contributed by atoms with van der Waals surface area (Å²) >= 11 is 5.95. The topological polar surface area (TPSA) is 146 Å². The van der Waals surface area contributed by atoms with E-state index in [0.29, 0.717) is 28.8 Å². The van der Waals surface area contributed by atoms with Crippen LogP contribution >= 0.6 is 11.6 Å². The summed E-state index contributed by atoms with van der Waals surface area (Å²) in [4.78, 5) is 42.9. The number of anilines is 3. The molecule has 0 bridgehead atoms. The van der Waals surface area contributed by atoms with Crippen LogP contribution in [0.3, 0.4) is 0 Å². The number of aryl methyl sites for hydroxylation is 1. The van der Waals surface area contributed by atoms with Gasteiger partial charge in [-0.1, -0.05) is 32.4 Å². The molecule has 0 aliphatic rings. The van der Waals surface area contributed by atoms with Crippen molar-refractivity contribution in [3.63, 3.8) is 0 Å². The molecule has 11 heteroatoms. The van der Waals surface area contributed by atoms with Gasteiger partial charge in [-0.15, -0.1) is 0 Å². The first-order valence-electron chi connectivity index (χ1n) is 11.2. The van der Waals surface area contributed by atoms with E-state index in [1.807, 2.05) is 26.8 Å². The monoisotopic (exact) mass is 509 g/mol. The summed E-state index contributed by atoms with van der Waals surface area (Å²) in [6, 6.07) is 11.2. The molecule has 1 aromatic heterocycles. The maximum atomic E-state index is 12.7. The number of fused-ring (bicyclic) bond motifs is 1. The molecule has 0 radical (unpaired) electrons. The molecule has 0 aliphatic carbocycles. The fourth-order valence-electron chi connectivity index (χ4n) is 3.54. The Hall–Kier alpha value is -4.10. The third kappa shape index (κ3) is 6.52. The van der Waals surface area contributed by atoms with Gasteiger partial charge in [0, 0.05) is 37.8 Å². The molecule has 0 spiro atoms. The van der Waals surface area contributed by atoms with Gasteiger partial charge in [-0.25, -0.2) is 9.78 Å². The second-order valence-electron chi connectivity index (χ2n) is 9.55. The van der Waals surface area contributed by atoms with Gasteiger partial charge in [0.05, 0.1) is 21.6 Å². The van der Waals surface area contributed by atoms with Crippen molar-refractivity contribution in [2.45, 2.75) is 40.2 Å². The van der Waals surface area contributed by atoms with E-state index in [9.17, 15) is 14.4 Å². The number of amides is 4. The van der Waals surface area contributed by atoms with Crippen LogP contribution in [-0.4, -0.2) is 34.4 Å². The zero-order valence-corrected chi connectivity index (χ0v) is 21.3. The molecule has 2 aromatic carbocycles. The Morgan fingerprint density at radius 2 is 1.89 bits per heavy atom. The molecule has 3 aromatic rings. The second-order valence-corrected chi connectivity index (χ2v) is 9.96. The summed E-state index contributed by atoms with van der Waals surface area (Å²) in [5, 5.41) is 14.7. The maximum Gasteiger partial charge on any atom is 0.326 e. The first-order chi connectivity index (χ1) is 16.9. The van der Waals surface area contributed by atoms with Gasteiger partial charge in [-0.2, -0.15) is 5.26 Å². The summed E-state index contributed by atoms with van der Waals surface area (Å²) in [5.74, 6) is -0.340. The first kappa shape index (κ1) is 26.5.